The molecule has 0 heterocycles. The number of methoxy groups -OCH3 is 1. The quantitative estimate of drug-likeness (QED) is 0.635. The molecule has 0 aromatic heterocycles. The summed E-state index contributed by atoms with van der Waals surface area (Å²) in [5.74, 6) is 0.761. The molecular weight excluding hydrogens is 290 g/mol. The number of rotatable bonds is 11. The van der Waals surface area contributed by atoms with Crippen LogP contribution in [-0.4, -0.2) is 46.6 Å². The number of aryl methyl sites for hydroxylation is 2. The third-order valence-electron chi connectivity index (χ3n) is 3.07. The Kier molecular flexibility index (Phi) is 9.42. The van der Waals surface area contributed by atoms with Gasteiger partial charge in [0.15, 0.2) is 0 Å². The maximum atomic E-state index is 6.18. The first-order chi connectivity index (χ1) is 10.1. The largest absolute Gasteiger partial charge is 0.489 e. The highest BCUT2D eigenvalue weighted by atomic mass is 35.5. The van der Waals surface area contributed by atoms with E-state index in [1.807, 2.05) is 19.9 Å². The van der Waals surface area contributed by atoms with Gasteiger partial charge in [-0.05, 0) is 31.0 Å². The van der Waals surface area contributed by atoms with Crippen LogP contribution < -0.4 is 10.1 Å². The Bertz CT molecular complexity index is 390. The predicted molar refractivity (Wildman–Crippen MR) is 85.4 cm³/mol. The van der Waals surface area contributed by atoms with Crippen LogP contribution in [0.25, 0.3) is 0 Å². The fraction of sp³-hybridized carbons (Fsp3) is 0.625. The first-order valence-electron chi connectivity index (χ1n) is 7.43. The molecule has 4 nitrogen and oxygen atoms in total. The van der Waals surface area contributed by atoms with Gasteiger partial charge in [0, 0.05) is 13.5 Å². The molecule has 0 saturated heterocycles. The van der Waals surface area contributed by atoms with Crippen molar-refractivity contribution in [3.05, 3.63) is 28.3 Å². The molecule has 0 fully saturated rings. The first-order valence-corrected chi connectivity index (χ1v) is 7.81. The fourth-order valence-corrected chi connectivity index (χ4v) is 2.45. The topological polar surface area (TPSA) is 44.3 Å². The third-order valence-corrected chi connectivity index (χ3v) is 3.35. The summed E-state index contributed by atoms with van der Waals surface area (Å²) < 4.78 is 16.2. The van der Waals surface area contributed by atoms with E-state index in [-0.39, 0.29) is 0 Å². The smallest absolute Gasteiger partial charge is 0.140 e. The molecule has 1 rings (SSSR count). The van der Waals surface area contributed by atoms with E-state index in [1.165, 1.54) is 0 Å². The number of halogens is 1. The lowest BCUT2D eigenvalue weighted by molar-refractivity contribution is -0.656. The molecule has 5 heteroatoms. The molecule has 0 aliphatic heterocycles. The molecule has 0 radical (unpaired) electrons. The van der Waals surface area contributed by atoms with E-state index in [2.05, 4.69) is 11.4 Å². The zero-order valence-electron chi connectivity index (χ0n) is 13.3. The van der Waals surface area contributed by atoms with Crippen LogP contribution >= 0.6 is 11.6 Å². The van der Waals surface area contributed by atoms with Gasteiger partial charge < -0.3 is 19.5 Å². The Balaban J connectivity index is 2.07. The molecule has 0 aliphatic rings. The molecule has 0 bridgehead atoms. The van der Waals surface area contributed by atoms with E-state index in [4.69, 9.17) is 25.8 Å². The van der Waals surface area contributed by atoms with Crippen LogP contribution in [0.4, 0.5) is 0 Å². The maximum absolute atomic E-state index is 6.18. The molecule has 0 aliphatic carbocycles. The minimum absolute atomic E-state index is 0.521. The van der Waals surface area contributed by atoms with Gasteiger partial charge in [0.05, 0.1) is 37.9 Å². The summed E-state index contributed by atoms with van der Waals surface area (Å²) >= 11 is 6.18. The van der Waals surface area contributed by atoms with Gasteiger partial charge in [0.1, 0.15) is 12.4 Å². The van der Waals surface area contributed by atoms with Crippen molar-refractivity contribution in [2.45, 2.75) is 20.3 Å². The van der Waals surface area contributed by atoms with Crippen molar-refractivity contribution < 1.29 is 19.5 Å². The van der Waals surface area contributed by atoms with E-state index in [1.54, 1.807) is 7.11 Å². The third kappa shape index (κ3) is 7.67. The maximum Gasteiger partial charge on any atom is 0.140 e. The molecule has 0 atom stereocenters. The van der Waals surface area contributed by atoms with Gasteiger partial charge in [-0.1, -0.05) is 17.7 Å². The Morgan fingerprint density at radius 3 is 2.57 bits per heavy atom. The standard InChI is InChI=1S/C16H26ClNO3/c1-13-11-14(2)16(15(17)12-13)21-10-9-20-8-6-18-5-4-7-19-3/h11-12,18H,4-10H2,1-3H3/p+1. The van der Waals surface area contributed by atoms with Gasteiger partial charge >= 0.3 is 0 Å². The number of quaternary nitrogens is 1. The number of nitrogens with two attached hydrogens (primary N) is 1. The highest BCUT2D eigenvalue weighted by Crippen LogP contribution is 2.29. The Morgan fingerprint density at radius 2 is 1.86 bits per heavy atom. The zero-order valence-corrected chi connectivity index (χ0v) is 14.0. The minimum atomic E-state index is 0.521. The number of hydrogen-bond acceptors (Lipinski definition) is 3. The normalized spacial score (nSPS) is 10.9. The van der Waals surface area contributed by atoms with Crippen molar-refractivity contribution in [2.75, 3.05) is 46.6 Å². The van der Waals surface area contributed by atoms with Crippen LogP contribution in [-0.2, 0) is 9.47 Å². The molecule has 0 spiro atoms. The van der Waals surface area contributed by atoms with Crippen molar-refractivity contribution in [1.82, 2.24) is 0 Å². The van der Waals surface area contributed by atoms with Gasteiger partial charge in [-0.2, -0.15) is 0 Å². The van der Waals surface area contributed by atoms with Crippen LogP contribution in [0.2, 0.25) is 5.02 Å². The van der Waals surface area contributed by atoms with E-state index in [0.717, 1.165) is 49.6 Å². The zero-order chi connectivity index (χ0) is 15.5. The molecule has 120 valence electrons. The molecule has 1 aromatic rings. The van der Waals surface area contributed by atoms with E-state index in [9.17, 15) is 0 Å². The lowest BCUT2D eigenvalue weighted by atomic mass is 10.1. The summed E-state index contributed by atoms with van der Waals surface area (Å²) in [6.07, 6.45) is 1.07. The monoisotopic (exact) mass is 316 g/mol. The summed E-state index contributed by atoms with van der Waals surface area (Å²) in [7, 11) is 1.73. The second-order valence-corrected chi connectivity index (χ2v) is 5.47. The Morgan fingerprint density at radius 1 is 1.05 bits per heavy atom. The lowest BCUT2D eigenvalue weighted by Crippen LogP contribution is -2.85. The van der Waals surface area contributed by atoms with Gasteiger partial charge in [-0.3, -0.25) is 0 Å². The molecular formula is C16H27ClNO3+. The summed E-state index contributed by atoms with van der Waals surface area (Å²) in [6, 6.07) is 3.98. The summed E-state index contributed by atoms with van der Waals surface area (Å²) in [5.41, 5.74) is 2.21. The van der Waals surface area contributed by atoms with Crippen molar-refractivity contribution in [3.8, 4) is 5.75 Å². The number of benzene rings is 1. The van der Waals surface area contributed by atoms with Crippen molar-refractivity contribution in [3.63, 3.8) is 0 Å². The summed E-state index contributed by atoms with van der Waals surface area (Å²) in [5, 5.41) is 2.90. The van der Waals surface area contributed by atoms with Crippen LogP contribution in [0, 0.1) is 13.8 Å². The minimum Gasteiger partial charge on any atom is -0.489 e. The highest BCUT2D eigenvalue weighted by Gasteiger charge is 2.06. The van der Waals surface area contributed by atoms with Crippen molar-refractivity contribution in [1.29, 1.82) is 0 Å². The lowest BCUT2D eigenvalue weighted by Gasteiger charge is -2.12. The summed E-state index contributed by atoms with van der Waals surface area (Å²) in [4.78, 5) is 0. The average Bonchev–Trinajstić information content (AvgIpc) is 2.43. The van der Waals surface area contributed by atoms with E-state index < -0.39 is 0 Å². The van der Waals surface area contributed by atoms with Crippen LogP contribution in [0.1, 0.15) is 17.5 Å². The van der Waals surface area contributed by atoms with E-state index >= 15 is 0 Å². The van der Waals surface area contributed by atoms with Crippen LogP contribution in [0.15, 0.2) is 12.1 Å². The van der Waals surface area contributed by atoms with Gasteiger partial charge in [0.2, 0.25) is 0 Å². The predicted octanol–water partition coefficient (Wildman–Crippen LogP) is 1.95. The molecule has 0 saturated carbocycles. The van der Waals surface area contributed by atoms with E-state index in [0.29, 0.717) is 18.2 Å². The van der Waals surface area contributed by atoms with Crippen LogP contribution in [0.3, 0.4) is 0 Å². The molecule has 2 N–H and O–H groups in total. The molecule has 0 amide bonds. The van der Waals surface area contributed by atoms with Crippen LogP contribution in [0.5, 0.6) is 5.75 Å². The second-order valence-electron chi connectivity index (χ2n) is 5.07. The molecule has 21 heavy (non-hydrogen) atoms. The Hall–Kier alpha value is -0.810. The second kappa shape index (κ2) is 10.9. The average molecular weight is 317 g/mol. The first kappa shape index (κ1) is 18.2. The molecule has 0 unspecified atom stereocenters. The Labute approximate surface area is 132 Å². The number of hydrogen-bond donors (Lipinski definition) is 1. The van der Waals surface area contributed by atoms with Gasteiger partial charge in [-0.15, -0.1) is 0 Å². The van der Waals surface area contributed by atoms with Gasteiger partial charge in [-0.25, -0.2) is 0 Å². The molecule has 1 aromatic carbocycles. The van der Waals surface area contributed by atoms with Gasteiger partial charge in [0.25, 0.3) is 0 Å². The summed E-state index contributed by atoms with van der Waals surface area (Å²) in [6.45, 7) is 8.72. The fourth-order valence-electron chi connectivity index (χ4n) is 2.07. The van der Waals surface area contributed by atoms with Crippen molar-refractivity contribution in [2.24, 2.45) is 0 Å². The number of ether oxygens (including phenoxy) is 3. The van der Waals surface area contributed by atoms with Crippen molar-refractivity contribution >= 4 is 11.6 Å². The highest BCUT2D eigenvalue weighted by molar-refractivity contribution is 6.32. The SMILES string of the molecule is COCCC[NH2+]CCOCCOc1c(C)cc(C)cc1Cl.